The Bertz CT molecular complexity index is 570. The highest BCUT2D eigenvalue weighted by Gasteiger charge is 2.06. The Balaban J connectivity index is 2.08. The van der Waals surface area contributed by atoms with Gasteiger partial charge < -0.3 is 14.5 Å². The van der Waals surface area contributed by atoms with Gasteiger partial charge >= 0.3 is 0 Å². The van der Waals surface area contributed by atoms with E-state index in [1.807, 2.05) is 18.3 Å². The molecule has 1 N–H and O–H groups in total. The Kier molecular flexibility index (Phi) is 4.14. The molecule has 2 rings (SSSR count). The Morgan fingerprint density at radius 1 is 1.50 bits per heavy atom. The Labute approximate surface area is 113 Å². The lowest BCUT2D eigenvalue weighted by molar-refractivity contribution is 0.265. The van der Waals surface area contributed by atoms with Gasteiger partial charge in [0.2, 0.25) is 0 Å². The summed E-state index contributed by atoms with van der Waals surface area (Å²) in [5, 5.41) is 0. The van der Waals surface area contributed by atoms with E-state index in [0.717, 1.165) is 35.4 Å². The van der Waals surface area contributed by atoms with Crippen molar-refractivity contribution in [3.05, 3.63) is 23.1 Å². The lowest BCUT2D eigenvalue weighted by Gasteiger charge is -2.20. The third-order valence-electron chi connectivity index (χ3n) is 3.30. The van der Waals surface area contributed by atoms with Crippen LogP contribution in [0.3, 0.4) is 0 Å². The first kappa shape index (κ1) is 13.2. The first-order chi connectivity index (χ1) is 8.59. The van der Waals surface area contributed by atoms with Gasteiger partial charge in [-0.25, -0.2) is 4.98 Å². The van der Waals surface area contributed by atoms with Gasteiger partial charge in [0, 0.05) is 18.8 Å². The molecule has 0 bridgehead atoms. The number of nitrogens with zero attached hydrogens (tertiary/aromatic N) is 3. The number of hydrogen-bond acceptors (Lipinski definition) is 3. The predicted molar refractivity (Wildman–Crippen MR) is 77.3 cm³/mol. The zero-order chi connectivity index (χ0) is 13.1. The zero-order valence-electron chi connectivity index (χ0n) is 11.2. The molecule has 0 spiro atoms. The lowest BCUT2D eigenvalue weighted by atomic mass is 10.3. The molecule has 2 aromatic rings. The fraction of sp³-hybridized carbons (Fsp3) is 0.538. The van der Waals surface area contributed by atoms with Crippen molar-refractivity contribution in [3.8, 4) is 0 Å². The summed E-state index contributed by atoms with van der Waals surface area (Å²) in [5.74, 6) is 0. The number of aromatic amines is 1. The third kappa shape index (κ3) is 2.79. The highest BCUT2D eigenvalue weighted by molar-refractivity contribution is 7.71. The van der Waals surface area contributed by atoms with Gasteiger partial charge in [0.15, 0.2) is 10.4 Å². The maximum Gasteiger partial charge on any atom is 0.179 e. The molecule has 0 radical (unpaired) electrons. The predicted octanol–water partition coefficient (Wildman–Crippen LogP) is 2.82. The molecule has 0 fully saturated rings. The molecule has 0 saturated heterocycles. The number of pyridine rings is 1. The van der Waals surface area contributed by atoms with E-state index in [1.165, 1.54) is 0 Å². The van der Waals surface area contributed by atoms with Gasteiger partial charge in [0.25, 0.3) is 0 Å². The monoisotopic (exact) mass is 264 g/mol. The molecule has 0 aliphatic carbocycles. The summed E-state index contributed by atoms with van der Waals surface area (Å²) in [6.45, 7) is 6.39. The fourth-order valence-electron chi connectivity index (χ4n) is 1.93. The van der Waals surface area contributed by atoms with Gasteiger partial charge in [-0.15, -0.1) is 0 Å². The minimum atomic E-state index is 0.582. The van der Waals surface area contributed by atoms with Crippen LogP contribution in [-0.2, 0) is 6.54 Å². The molecule has 0 amide bonds. The summed E-state index contributed by atoms with van der Waals surface area (Å²) in [7, 11) is 2.15. The largest absolute Gasteiger partial charge is 0.329 e. The van der Waals surface area contributed by atoms with E-state index in [9.17, 15) is 0 Å². The summed E-state index contributed by atoms with van der Waals surface area (Å²) in [4.78, 5) is 9.92. The fourth-order valence-corrected chi connectivity index (χ4v) is 2.22. The quantitative estimate of drug-likeness (QED) is 0.844. The molecule has 5 heteroatoms. The molecule has 4 nitrogen and oxygen atoms in total. The number of imidazole rings is 1. The Morgan fingerprint density at radius 3 is 3.00 bits per heavy atom. The molecule has 98 valence electrons. The van der Waals surface area contributed by atoms with Crippen LogP contribution in [0.4, 0.5) is 0 Å². The van der Waals surface area contributed by atoms with E-state index in [2.05, 4.69) is 40.3 Å². The smallest absolute Gasteiger partial charge is 0.179 e. The maximum atomic E-state index is 5.34. The summed E-state index contributed by atoms with van der Waals surface area (Å²) in [5.41, 5.74) is 1.97. The van der Waals surface area contributed by atoms with Crippen LogP contribution in [0.2, 0.25) is 0 Å². The number of hydrogen-bond donors (Lipinski definition) is 1. The van der Waals surface area contributed by atoms with Crippen molar-refractivity contribution in [2.45, 2.75) is 32.9 Å². The van der Waals surface area contributed by atoms with Crippen molar-refractivity contribution in [1.82, 2.24) is 19.4 Å². The molecule has 0 aromatic carbocycles. The maximum absolute atomic E-state index is 5.34. The molecule has 0 unspecified atom stereocenters. The number of aromatic nitrogens is 3. The summed E-state index contributed by atoms with van der Waals surface area (Å²) >= 11 is 5.34. The van der Waals surface area contributed by atoms with Crippen LogP contribution in [-0.4, -0.2) is 39.1 Å². The molecule has 0 aliphatic rings. The highest BCUT2D eigenvalue weighted by atomic mass is 32.1. The SMILES string of the molecule is CC(C)N(C)CCCn1c(=S)[nH]c2cccnc21. The minimum Gasteiger partial charge on any atom is -0.329 e. The van der Waals surface area contributed by atoms with E-state index in [1.54, 1.807) is 0 Å². The normalized spacial score (nSPS) is 11.8. The second-order valence-corrected chi connectivity index (χ2v) is 5.27. The highest BCUT2D eigenvalue weighted by Crippen LogP contribution is 2.11. The summed E-state index contributed by atoms with van der Waals surface area (Å²) < 4.78 is 2.84. The van der Waals surface area contributed by atoms with Crippen LogP contribution in [0.25, 0.3) is 11.2 Å². The van der Waals surface area contributed by atoms with E-state index in [-0.39, 0.29) is 0 Å². The van der Waals surface area contributed by atoms with Gasteiger partial charge in [0.1, 0.15) is 0 Å². The molecule has 18 heavy (non-hydrogen) atoms. The van der Waals surface area contributed by atoms with Crippen LogP contribution in [0.1, 0.15) is 20.3 Å². The van der Waals surface area contributed by atoms with Crippen molar-refractivity contribution >= 4 is 23.4 Å². The number of H-pyrrole nitrogens is 1. The molecular formula is C13H20N4S. The van der Waals surface area contributed by atoms with Crippen LogP contribution in [0.15, 0.2) is 18.3 Å². The molecular weight excluding hydrogens is 244 g/mol. The van der Waals surface area contributed by atoms with Crippen molar-refractivity contribution < 1.29 is 0 Å². The molecule has 2 aromatic heterocycles. The van der Waals surface area contributed by atoms with Gasteiger partial charge in [-0.1, -0.05) is 0 Å². The standard InChI is InChI=1S/C13H20N4S/c1-10(2)16(3)8-5-9-17-12-11(15-13(17)18)6-4-7-14-12/h4,6-7,10H,5,8-9H2,1-3H3,(H,15,18). The topological polar surface area (TPSA) is 36.9 Å². The molecule has 0 atom stereocenters. The molecule has 2 heterocycles. The minimum absolute atomic E-state index is 0.582. The van der Waals surface area contributed by atoms with Crippen LogP contribution >= 0.6 is 12.2 Å². The van der Waals surface area contributed by atoms with E-state index in [4.69, 9.17) is 12.2 Å². The second-order valence-electron chi connectivity index (χ2n) is 4.88. The van der Waals surface area contributed by atoms with Gasteiger partial charge in [-0.05, 0) is 58.2 Å². The van der Waals surface area contributed by atoms with E-state index in [0.29, 0.717) is 6.04 Å². The summed E-state index contributed by atoms with van der Waals surface area (Å²) in [6, 6.07) is 4.51. The number of aryl methyl sites for hydroxylation is 1. The second kappa shape index (κ2) is 5.63. The van der Waals surface area contributed by atoms with Crippen molar-refractivity contribution in [3.63, 3.8) is 0 Å². The number of fused-ring (bicyclic) bond motifs is 1. The van der Waals surface area contributed by atoms with Crippen molar-refractivity contribution in [2.24, 2.45) is 0 Å². The van der Waals surface area contributed by atoms with Gasteiger partial charge in [-0.3, -0.25) is 0 Å². The van der Waals surface area contributed by atoms with Crippen molar-refractivity contribution in [1.29, 1.82) is 0 Å². The third-order valence-corrected chi connectivity index (χ3v) is 3.63. The lowest BCUT2D eigenvalue weighted by Crippen LogP contribution is -2.27. The van der Waals surface area contributed by atoms with E-state index < -0.39 is 0 Å². The molecule has 0 saturated carbocycles. The van der Waals surface area contributed by atoms with Gasteiger partial charge in [0.05, 0.1) is 5.52 Å². The average molecular weight is 264 g/mol. The molecule has 0 aliphatic heterocycles. The Morgan fingerprint density at radius 2 is 2.28 bits per heavy atom. The average Bonchev–Trinajstić information content (AvgIpc) is 2.65. The van der Waals surface area contributed by atoms with Gasteiger partial charge in [-0.2, -0.15) is 0 Å². The first-order valence-corrected chi connectivity index (χ1v) is 6.74. The van der Waals surface area contributed by atoms with Crippen LogP contribution in [0, 0.1) is 4.77 Å². The van der Waals surface area contributed by atoms with E-state index >= 15 is 0 Å². The first-order valence-electron chi connectivity index (χ1n) is 6.33. The Hall–Kier alpha value is -1.20. The van der Waals surface area contributed by atoms with Crippen LogP contribution < -0.4 is 0 Å². The zero-order valence-corrected chi connectivity index (χ0v) is 12.0. The summed E-state index contributed by atoms with van der Waals surface area (Å²) in [6.07, 6.45) is 2.88. The number of rotatable bonds is 5. The van der Waals surface area contributed by atoms with Crippen LogP contribution in [0.5, 0.6) is 0 Å². The number of nitrogens with one attached hydrogen (secondary N) is 1. The van der Waals surface area contributed by atoms with Crippen molar-refractivity contribution in [2.75, 3.05) is 13.6 Å².